The van der Waals surface area contributed by atoms with Gasteiger partial charge in [-0.1, -0.05) is 6.07 Å². The molecule has 1 aliphatic heterocycles. The molecular formula is C11H15N3O2. The third kappa shape index (κ3) is 2.77. The molecule has 1 amide bonds. The van der Waals surface area contributed by atoms with Crippen molar-refractivity contribution in [3.63, 3.8) is 0 Å². The van der Waals surface area contributed by atoms with E-state index in [2.05, 4.69) is 9.88 Å². The number of nitrogens with zero attached hydrogens (tertiary/aromatic N) is 2. The minimum absolute atomic E-state index is 0.311. The molecule has 0 bridgehead atoms. The monoisotopic (exact) mass is 221 g/mol. The second-order valence-electron chi connectivity index (χ2n) is 3.80. The van der Waals surface area contributed by atoms with E-state index in [1.165, 1.54) is 0 Å². The van der Waals surface area contributed by atoms with Gasteiger partial charge in [-0.15, -0.1) is 0 Å². The first kappa shape index (κ1) is 11.0. The van der Waals surface area contributed by atoms with Crippen LogP contribution in [0, 0.1) is 0 Å². The van der Waals surface area contributed by atoms with Crippen molar-refractivity contribution in [2.45, 2.75) is 6.54 Å². The predicted molar refractivity (Wildman–Crippen MR) is 58.9 cm³/mol. The Labute approximate surface area is 94.2 Å². The van der Waals surface area contributed by atoms with Gasteiger partial charge in [-0.25, -0.2) is 0 Å². The van der Waals surface area contributed by atoms with Gasteiger partial charge in [-0.3, -0.25) is 14.7 Å². The van der Waals surface area contributed by atoms with Crippen molar-refractivity contribution < 1.29 is 9.53 Å². The molecule has 16 heavy (non-hydrogen) atoms. The third-order valence-electron chi connectivity index (χ3n) is 2.59. The highest BCUT2D eigenvalue weighted by atomic mass is 16.5. The summed E-state index contributed by atoms with van der Waals surface area (Å²) in [6.07, 6.45) is 1.70. The molecule has 0 spiro atoms. The molecular weight excluding hydrogens is 206 g/mol. The number of carbonyl (C=O) groups excluding carboxylic acids is 1. The van der Waals surface area contributed by atoms with Crippen LogP contribution >= 0.6 is 0 Å². The largest absolute Gasteiger partial charge is 0.379 e. The van der Waals surface area contributed by atoms with Gasteiger partial charge in [0.1, 0.15) is 5.69 Å². The van der Waals surface area contributed by atoms with Gasteiger partial charge in [0.05, 0.1) is 13.2 Å². The van der Waals surface area contributed by atoms with Crippen LogP contribution in [0.2, 0.25) is 0 Å². The van der Waals surface area contributed by atoms with E-state index in [-0.39, 0.29) is 0 Å². The topological polar surface area (TPSA) is 68.5 Å². The predicted octanol–water partition coefficient (Wildman–Crippen LogP) is 0.0127. The molecule has 1 aromatic heterocycles. The lowest BCUT2D eigenvalue weighted by Crippen LogP contribution is -2.35. The van der Waals surface area contributed by atoms with E-state index < -0.39 is 5.91 Å². The van der Waals surface area contributed by atoms with E-state index in [1.807, 2.05) is 6.07 Å². The number of aromatic nitrogens is 1. The molecule has 1 aromatic rings. The Morgan fingerprint density at radius 1 is 1.44 bits per heavy atom. The first-order valence-corrected chi connectivity index (χ1v) is 5.30. The number of primary amides is 1. The number of carbonyl (C=O) groups is 1. The van der Waals surface area contributed by atoms with E-state index in [0.717, 1.165) is 38.4 Å². The highest BCUT2D eigenvalue weighted by molar-refractivity contribution is 5.90. The minimum atomic E-state index is -0.488. The molecule has 2 rings (SSSR count). The SMILES string of the molecule is NC(=O)c1ccc(CN2CCOCC2)cn1. The Hall–Kier alpha value is -1.46. The molecule has 0 atom stereocenters. The lowest BCUT2D eigenvalue weighted by molar-refractivity contribution is 0.0341. The zero-order chi connectivity index (χ0) is 11.4. The number of amides is 1. The van der Waals surface area contributed by atoms with Gasteiger partial charge in [0.2, 0.25) is 0 Å². The molecule has 86 valence electrons. The molecule has 2 N–H and O–H groups in total. The Morgan fingerprint density at radius 3 is 2.75 bits per heavy atom. The summed E-state index contributed by atoms with van der Waals surface area (Å²) in [4.78, 5) is 17.1. The Morgan fingerprint density at radius 2 is 2.19 bits per heavy atom. The lowest BCUT2D eigenvalue weighted by Gasteiger charge is -2.26. The summed E-state index contributed by atoms with van der Waals surface area (Å²) < 4.78 is 5.27. The number of ether oxygens (including phenoxy) is 1. The second kappa shape index (κ2) is 5.05. The average molecular weight is 221 g/mol. The summed E-state index contributed by atoms with van der Waals surface area (Å²) in [5.41, 5.74) is 6.52. The van der Waals surface area contributed by atoms with Crippen molar-refractivity contribution in [1.29, 1.82) is 0 Å². The maximum absolute atomic E-state index is 10.8. The first-order valence-electron chi connectivity index (χ1n) is 5.30. The zero-order valence-corrected chi connectivity index (χ0v) is 9.06. The number of hydrogen-bond acceptors (Lipinski definition) is 4. The fourth-order valence-electron chi connectivity index (χ4n) is 1.68. The zero-order valence-electron chi connectivity index (χ0n) is 9.06. The average Bonchev–Trinajstić information content (AvgIpc) is 2.31. The maximum atomic E-state index is 10.8. The third-order valence-corrected chi connectivity index (χ3v) is 2.59. The van der Waals surface area contributed by atoms with E-state index in [1.54, 1.807) is 12.3 Å². The fourth-order valence-corrected chi connectivity index (χ4v) is 1.68. The summed E-state index contributed by atoms with van der Waals surface area (Å²) >= 11 is 0. The van der Waals surface area contributed by atoms with Crippen molar-refractivity contribution in [2.24, 2.45) is 5.73 Å². The van der Waals surface area contributed by atoms with E-state index in [9.17, 15) is 4.79 Å². The van der Waals surface area contributed by atoms with Gasteiger partial charge in [-0.05, 0) is 11.6 Å². The van der Waals surface area contributed by atoms with Crippen LogP contribution in [0.25, 0.3) is 0 Å². The molecule has 5 nitrogen and oxygen atoms in total. The maximum Gasteiger partial charge on any atom is 0.267 e. The highest BCUT2D eigenvalue weighted by Crippen LogP contribution is 2.06. The molecule has 0 aromatic carbocycles. The van der Waals surface area contributed by atoms with Crippen LogP contribution in [0.1, 0.15) is 16.1 Å². The Bertz CT molecular complexity index is 358. The van der Waals surface area contributed by atoms with Crippen LogP contribution in [-0.2, 0) is 11.3 Å². The van der Waals surface area contributed by atoms with E-state index in [0.29, 0.717) is 5.69 Å². The molecule has 1 aliphatic rings. The van der Waals surface area contributed by atoms with Gasteiger partial charge in [0.15, 0.2) is 0 Å². The van der Waals surface area contributed by atoms with E-state index in [4.69, 9.17) is 10.5 Å². The highest BCUT2D eigenvalue weighted by Gasteiger charge is 2.11. The number of pyridine rings is 1. The first-order chi connectivity index (χ1) is 7.75. The van der Waals surface area contributed by atoms with Crippen molar-refractivity contribution in [2.75, 3.05) is 26.3 Å². The molecule has 2 heterocycles. The lowest BCUT2D eigenvalue weighted by atomic mass is 10.2. The van der Waals surface area contributed by atoms with Gasteiger partial charge in [-0.2, -0.15) is 0 Å². The summed E-state index contributed by atoms with van der Waals surface area (Å²) in [7, 11) is 0. The minimum Gasteiger partial charge on any atom is -0.379 e. The summed E-state index contributed by atoms with van der Waals surface area (Å²) in [6, 6.07) is 3.56. The van der Waals surface area contributed by atoms with Crippen LogP contribution in [0.15, 0.2) is 18.3 Å². The van der Waals surface area contributed by atoms with Gasteiger partial charge < -0.3 is 10.5 Å². The normalized spacial score (nSPS) is 17.2. The van der Waals surface area contributed by atoms with E-state index >= 15 is 0 Å². The van der Waals surface area contributed by atoms with Crippen molar-refractivity contribution in [3.05, 3.63) is 29.6 Å². The Balaban J connectivity index is 1.96. The number of morpholine rings is 1. The van der Waals surface area contributed by atoms with Gasteiger partial charge >= 0.3 is 0 Å². The molecule has 1 fully saturated rings. The van der Waals surface area contributed by atoms with Crippen LogP contribution in [-0.4, -0.2) is 42.1 Å². The van der Waals surface area contributed by atoms with Crippen LogP contribution in [0.4, 0.5) is 0 Å². The molecule has 1 saturated heterocycles. The van der Waals surface area contributed by atoms with Crippen LogP contribution in [0.3, 0.4) is 0 Å². The van der Waals surface area contributed by atoms with Crippen molar-refractivity contribution in [3.8, 4) is 0 Å². The van der Waals surface area contributed by atoms with Crippen LogP contribution < -0.4 is 5.73 Å². The standard InChI is InChI=1S/C11H15N3O2/c12-11(15)10-2-1-9(7-13-10)8-14-3-5-16-6-4-14/h1-2,7H,3-6,8H2,(H2,12,15). The molecule has 0 radical (unpaired) electrons. The van der Waals surface area contributed by atoms with Crippen molar-refractivity contribution >= 4 is 5.91 Å². The number of hydrogen-bond donors (Lipinski definition) is 1. The van der Waals surface area contributed by atoms with Crippen LogP contribution in [0.5, 0.6) is 0 Å². The second-order valence-corrected chi connectivity index (χ2v) is 3.80. The van der Waals surface area contributed by atoms with Gasteiger partial charge in [0, 0.05) is 25.8 Å². The quantitative estimate of drug-likeness (QED) is 0.780. The van der Waals surface area contributed by atoms with Crippen molar-refractivity contribution in [1.82, 2.24) is 9.88 Å². The molecule has 0 saturated carbocycles. The number of nitrogens with two attached hydrogens (primary N) is 1. The van der Waals surface area contributed by atoms with Gasteiger partial charge in [0.25, 0.3) is 5.91 Å². The summed E-state index contributed by atoms with van der Waals surface area (Å²) in [5.74, 6) is -0.488. The summed E-state index contributed by atoms with van der Waals surface area (Å²) in [6.45, 7) is 4.30. The molecule has 0 unspecified atom stereocenters. The number of rotatable bonds is 3. The fraction of sp³-hybridized carbons (Fsp3) is 0.455. The smallest absolute Gasteiger partial charge is 0.267 e. The Kier molecular flexibility index (Phi) is 3.48. The molecule has 5 heteroatoms. The summed E-state index contributed by atoms with van der Waals surface area (Å²) in [5, 5.41) is 0. The molecule has 0 aliphatic carbocycles.